The molecule has 0 aromatic rings. The molecule has 0 saturated heterocycles. The van der Waals surface area contributed by atoms with Crippen molar-refractivity contribution in [2.24, 2.45) is 0 Å². The molecule has 0 unspecified atom stereocenters. The van der Waals surface area contributed by atoms with Gasteiger partial charge in [-0.25, -0.2) is 0 Å². The van der Waals surface area contributed by atoms with E-state index in [4.69, 9.17) is 0 Å². The van der Waals surface area contributed by atoms with E-state index in [1.54, 1.807) is 62.5 Å². The SMILES string of the molecule is CC(C)=CC[PH+](C1CCCCC1)C1CCCCC1.CC(C)=CC[PH+](C1CCCCC1)C1CCCCC1.[Pd]. The Hall–Kier alpha value is 1.00. The maximum atomic E-state index is 2.57. The Morgan fingerprint density at radius 2 is 0.649 bits per heavy atom. The largest absolute Gasteiger partial charge is 0.0769 e. The van der Waals surface area contributed by atoms with Gasteiger partial charge >= 0.3 is 0 Å². The Morgan fingerprint density at radius 1 is 0.432 bits per heavy atom. The average Bonchev–Trinajstić information content (AvgIpc) is 2.91. The van der Waals surface area contributed by atoms with Gasteiger partial charge in [-0.2, -0.15) is 0 Å². The van der Waals surface area contributed by atoms with E-state index in [0.29, 0.717) is 0 Å². The van der Waals surface area contributed by atoms with E-state index in [1.807, 2.05) is 0 Å². The standard InChI is InChI=1S/2C17H31P.Pd/c2*1-15(2)13-14-18(16-9-5-3-6-10-16)17-11-7-4-8-12-17;/h2*13,16-17H,3-12,14H2,1-2H3;/p+2. The molecule has 3 heteroatoms. The smallest absolute Gasteiger partial charge is 0.0758 e. The van der Waals surface area contributed by atoms with Crippen LogP contribution in [-0.2, 0) is 20.4 Å². The van der Waals surface area contributed by atoms with Crippen molar-refractivity contribution in [3.63, 3.8) is 0 Å². The molecule has 4 rings (SSSR count). The molecule has 37 heavy (non-hydrogen) atoms. The van der Waals surface area contributed by atoms with Crippen LogP contribution in [0.4, 0.5) is 0 Å². The minimum atomic E-state index is -0.117. The molecule has 0 aromatic carbocycles. The molecule has 0 aliphatic heterocycles. The van der Waals surface area contributed by atoms with Crippen LogP contribution in [0.25, 0.3) is 0 Å². The summed E-state index contributed by atoms with van der Waals surface area (Å²) in [5.41, 5.74) is 7.71. The Bertz CT molecular complexity index is 532. The zero-order chi connectivity index (χ0) is 25.6. The van der Waals surface area contributed by atoms with Gasteiger partial charge in [0.25, 0.3) is 0 Å². The van der Waals surface area contributed by atoms with E-state index in [1.165, 1.54) is 89.4 Å². The number of hydrogen-bond donors (Lipinski definition) is 0. The summed E-state index contributed by atoms with van der Waals surface area (Å²) in [5, 5.41) is 0. The summed E-state index contributed by atoms with van der Waals surface area (Å²) in [6.45, 7) is 9.12. The van der Waals surface area contributed by atoms with Crippen LogP contribution in [0.15, 0.2) is 23.3 Å². The van der Waals surface area contributed by atoms with Crippen molar-refractivity contribution in [3.8, 4) is 0 Å². The third kappa shape index (κ3) is 13.0. The third-order valence-electron chi connectivity index (χ3n) is 10.0. The summed E-state index contributed by atoms with van der Waals surface area (Å²) in [6.07, 6.45) is 38.9. The van der Waals surface area contributed by atoms with Gasteiger partial charge in [0.05, 0.1) is 35.0 Å². The molecule has 4 saturated carbocycles. The second-order valence-electron chi connectivity index (χ2n) is 13.5. The molecule has 0 spiro atoms. The first-order valence-electron chi connectivity index (χ1n) is 16.5. The van der Waals surface area contributed by atoms with Gasteiger partial charge in [-0.05, 0) is 143 Å². The van der Waals surface area contributed by atoms with Crippen molar-refractivity contribution < 1.29 is 20.4 Å². The zero-order valence-electron chi connectivity index (χ0n) is 25.3. The van der Waals surface area contributed by atoms with Gasteiger partial charge in [0.15, 0.2) is 0 Å². The number of rotatable bonds is 8. The molecule has 4 aliphatic rings. The molecule has 218 valence electrons. The van der Waals surface area contributed by atoms with Crippen LogP contribution in [0, 0.1) is 0 Å². The van der Waals surface area contributed by atoms with Gasteiger partial charge in [0.1, 0.15) is 0 Å². The molecular formula is C34H64P2Pd+2. The van der Waals surface area contributed by atoms with Crippen LogP contribution in [0.3, 0.4) is 0 Å². The number of hydrogen-bond acceptors (Lipinski definition) is 0. The Morgan fingerprint density at radius 3 is 0.838 bits per heavy atom. The summed E-state index contributed by atoms with van der Waals surface area (Å²) in [5.74, 6) is 0. The fraction of sp³-hybridized carbons (Fsp3) is 0.882. The van der Waals surface area contributed by atoms with Crippen molar-refractivity contribution >= 4 is 15.8 Å². The molecule has 4 aliphatic carbocycles. The monoisotopic (exact) mass is 640 g/mol. The van der Waals surface area contributed by atoms with Crippen LogP contribution < -0.4 is 0 Å². The normalized spacial score (nSPS) is 22.6. The summed E-state index contributed by atoms with van der Waals surface area (Å²) in [4.78, 5) is 0. The van der Waals surface area contributed by atoms with Crippen molar-refractivity contribution in [3.05, 3.63) is 23.3 Å². The van der Waals surface area contributed by atoms with E-state index in [2.05, 4.69) is 39.8 Å². The fourth-order valence-electron chi connectivity index (χ4n) is 7.87. The maximum Gasteiger partial charge on any atom is 0.0758 e. The van der Waals surface area contributed by atoms with Crippen molar-refractivity contribution in [1.82, 2.24) is 0 Å². The van der Waals surface area contributed by atoms with Crippen molar-refractivity contribution in [2.75, 3.05) is 12.3 Å². The summed E-state index contributed by atoms with van der Waals surface area (Å²) < 4.78 is 0. The molecule has 0 N–H and O–H groups in total. The fourth-order valence-corrected chi connectivity index (χ4v) is 16.4. The molecule has 4 fully saturated rings. The molecule has 0 amide bonds. The maximum absolute atomic E-state index is 2.57. The predicted molar refractivity (Wildman–Crippen MR) is 173 cm³/mol. The summed E-state index contributed by atoms with van der Waals surface area (Å²) >= 11 is 0. The van der Waals surface area contributed by atoms with Crippen molar-refractivity contribution in [1.29, 1.82) is 0 Å². The molecule has 0 nitrogen and oxygen atoms in total. The van der Waals surface area contributed by atoms with E-state index in [9.17, 15) is 0 Å². The quantitative estimate of drug-likeness (QED) is 0.141. The minimum Gasteiger partial charge on any atom is -0.0769 e. The van der Waals surface area contributed by atoms with E-state index in [0.717, 1.165) is 22.6 Å². The number of allylic oxidation sites excluding steroid dienone is 4. The first-order valence-corrected chi connectivity index (χ1v) is 20.2. The van der Waals surface area contributed by atoms with Crippen LogP contribution in [0.1, 0.15) is 156 Å². The van der Waals surface area contributed by atoms with Gasteiger partial charge in [-0.15, -0.1) is 0 Å². The van der Waals surface area contributed by atoms with E-state index >= 15 is 0 Å². The van der Waals surface area contributed by atoms with Gasteiger partial charge < -0.3 is 0 Å². The minimum absolute atomic E-state index is 0. The first-order chi connectivity index (χ1) is 17.5. The average molecular weight is 641 g/mol. The van der Waals surface area contributed by atoms with Crippen LogP contribution in [0.5, 0.6) is 0 Å². The predicted octanol–water partition coefficient (Wildman–Crippen LogP) is 11.7. The Balaban J connectivity index is 0.000000253. The molecular weight excluding hydrogens is 577 g/mol. The third-order valence-corrected chi connectivity index (χ3v) is 17.9. The van der Waals surface area contributed by atoms with Crippen LogP contribution in [0.2, 0.25) is 0 Å². The van der Waals surface area contributed by atoms with Crippen LogP contribution in [-0.4, -0.2) is 35.0 Å². The van der Waals surface area contributed by atoms with Gasteiger partial charge in [-0.1, -0.05) is 36.8 Å². The first kappa shape index (κ1) is 34.2. The molecule has 0 radical (unpaired) electrons. The summed E-state index contributed by atoms with van der Waals surface area (Å²) in [6, 6.07) is 0. The molecule has 0 bridgehead atoms. The zero-order valence-corrected chi connectivity index (χ0v) is 28.9. The van der Waals surface area contributed by atoms with Gasteiger partial charge in [0, 0.05) is 36.3 Å². The second kappa shape index (κ2) is 20.0. The van der Waals surface area contributed by atoms with Gasteiger partial charge in [-0.3, -0.25) is 0 Å². The summed E-state index contributed by atoms with van der Waals surface area (Å²) in [7, 11) is -0.235. The molecule has 0 heterocycles. The molecule has 0 aromatic heterocycles. The van der Waals surface area contributed by atoms with E-state index in [-0.39, 0.29) is 36.3 Å². The van der Waals surface area contributed by atoms with Crippen molar-refractivity contribution in [2.45, 2.75) is 179 Å². The topological polar surface area (TPSA) is 0 Å². The Labute approximate surface area is 249 Å². The Kier molecular flexibility index (Phi) is 18.5. The molecule has 0 atom stereocenters. The van der Waals surface area contributed by atoms with Crippen LogP contribution >= 0.6 is 15.8 Å². The second-order valence-corrected chi connectivity index (χ2v) is 19.8. The van der Waals surface area contributed by atoms with Gasteiger partial charge in [0.2, 0.25) is 0 Å². The van der Waals surface area contributed by atoms with E-state index < -0.39 is 0 Å².